The van der Waals surface area contributed by atoms with Crippen LogP contribution in [0.2, 0.25) is 0 Å². The average Bonchev–Trinajstić information content (AvgIpc) is 2.98. The van der Waals surface area contributed by atoms with Gasteiger partial charge in [0.25, 0.3) is 5.91 Å². The molecule has 1 amide bonds. The van der Waals surface area contributed by atoms with Gasteiger partial charge in [0, 0.05) is 6.54 Å². The number of nitrogen functional groups attached to an aromatic ring is 1. The van der Waals surface area contributed by atoms with Crippen molar-refractivity contribution in [3.05, 3.63) is 78.4 Å². The summed E-state index contributed by atoms with van der Waals surface area (Å²) in [7, 11) is 0. The molecule has 0 aliphatic rings. The summed E-state index contributed by atoms with van der Waals surface area (Å²) < 4.78 is 1.77. The van der Waals surface area contributed by atoms with Crippen molar-refractivity contribution in [1.29, 1.82) is 0 Å². The van der Waals surface area contributed by atoms with Crippen LogP contribution in [0.15, 0.2) is 67.3 Å². The molecule has 1 atom stereocenters. The number of allylic oxidation sites excluding steroid dienone is 1. The molecule has 0 aliphatic heterocycles. The van der Waals surface area contributed by atoms with Crippen molar-refractivity contribution in [1.82, 2.24) is 19.9 Å². The van der Waals surface area contributed by atoms with Crippen LogP contribution in [0.4, 0.5) is 5.82 Å². The van der Waals surface area contributed by atoms with E-state index in [-0.39, 0.29) is 11.9 Å². The van der Waals surface area contributed by atoms with Crippen LogP contribution in [0, 0.1) is 0 Å². The van der Waals surface area contributed by atoms with Gasteiger partial charge in [-0.25, -0.2) is 9.97 Å². The van der Waals surface area contributed by atoms with E-state index in [4.69, 9.17) is 10.7 Å². The molecule has 2 aromatic carbocycles. The van der Waals surface area contributed by atoms with Gasteiger partial charge in [0.1, 0.15) is 16.9 Å². The minimum absolute atomic E-state index is 0.167. The van der Waals surface area contributed by atoms with E-state index in [0.29, 0.717) is 29.1 Å². The second kappa shape index (κ2) is 7.15. The Morgan fingerprint density at radius 1 is 1.14 bits per heavy atom. The van der Waals surface area contributed by atoms with E-state index in [2.05, 4.69) is 16.9 Å². The standard InChI is InChI=1S/C22H21N5O/c1-3-13-27-20(23)18(22(28)24-14(2)15-9-5-4-6-10-15)19-21(27)26-17-12-8-7-11-16(17)25-19/h3-12,14H,1,13,23H2,2H3,(H,24,28). The van der Waals surface area contributed by atoms with Crippen LogP contribution >= 0.6 is 0 Å². The third kappa shape index (κ3) is 2.99. The Bertz CT molecular complexity index is 1180. The Kier molecular flexibility index (Phi) is 4.53. The number of nitrogens with one attached hydrogen (secondary N) is 1. The zero-order chi connectivity index (χ0) is 19.7. The highest BCUT2D eigenvalue weighted by Gasteiger charge is 2.24. The summed E-state index contributed by atoms with van der Waals surface area (Å²) in [5, 5.41) is 3.02. The summed E-state index contributed by atoms with van der Waals surface area (Å²) in [5.74, 6) is 0.0641. The predicted octanol–water partition coefficient (Wildman–Crippen LogP) is 3.84. The van der Waals surface area contributed by atoms with E-state index in [1.807, 2.05) is 61.5 Å². The quantitative estimate of drug-likeness (QED) is 0.522. The van der Waals surface area contributed by atoms with E-state index in [0.717, 1.165) is 16.6 Å². The molecule has 0 aliphatic carbocycles. The molecule has 3 N–H and O–H groups in total. The van der Waals surface area contributed by atoms with Gasteiger partial charge in [-0.3, -0.25) is 4.79 Å². The number of benzene rings is 2. The first-order valence-electron chi connectivity index (χ1n) is 9.11. The fraction of sp³-hybridized carbons (Fsp3) is 0.136. The zero-order valence-electron chi connectivity index (χ0n) is 15.6. The molecule has 2 heterocycles. The highest BCUT2D eigenvalue weighted by molar-refractivity contribution is 6.10. The number of hydrogen-bond donors (Lipinski definition) is 2. The third-order valence-corrected chi connectivity index (χ3v) is 4.78. The molecule has 4 rings (SSSR count). The Morgan fingerprint density at radius 3 is 2.46 bits per heavy atom. The molecule has 0 radical (unpaired) electrons. The summed E-state index contributed by atoms with van der Waals surface area (Å²) in [6, 6.07) is 17.2. The number of carbonyl (C=O) groups is 1. The van der Waals surface area contributed by atoms with Crippen LogP contribution in [0.5, 0.6) is 0 Å². The smallest absolute Gasteiger partial charge is 0.257 e. The van der Waals surface area contributed by atoms with Crippen molar-refractivity contribution < 1.29 is 4.79 Å². The molecule has 0 saturated carbocycles. The first-order valence-corrected chi connectivity index (χ1v) is 9.11. The van der Waals surface area contributed by atoms with Gasteiger partial charge in [0.15, 0.2) is 5.65 Å². The van der Waals surface area contributed by atoms with Gasteiger partial charge in [-0.15, -0.1) is 6.58 Å². The number of carbonyl (C=O) groups excluding carboxylic acids is 1. The molecule has 28 heavy (non-hydrogen) atoms. The maximum atomic E-state index is 13.1. The fourth-order valence-corrected chi connectivity index (χ4v) is 3.35. The van der Waals surface area contributed by atoms with Crippen LogP contribution in [0.3, 0.4) is 0 Å². The molecule has 6 nitrogen and oxygen atoms in total. The minimum atomic E-state index is -0.272. The lowest BCUT2D eigenvalue weighted by Gasteiger charge is -2.14. The summed E-state index contributed by atoms with van der Waals surface area (Å²) in [6.45, 7) is 6.16. The normalized spacial score (nSPS) is 12.2. The number of anilines is 1. The zero-order valence-corrected chi connectivity index (χ0v) is 15.6. The lowest BCUT2D eigenvalue weighted by molar-refractivity contribution is 0.0942. The molecule has 0 saturated heterocycles. The summed E-state index contributed by atoms with van der Waals surface area (Å²) >= 11 is 0. The van der Waals surface area contributed by atoms with Crippen molar-refractivity contribution in [2.45, 2.75) is 19.5 Å². The Labute approximate surface area is 162 Å². The molecule has 0 fully saturated rings. The number of amides is 1. The SMILES string of the molecule is C=CCn1c(N)c(C(=O)NC(C)c2ccccc2)c2nc3ccccc3nc21. The number of aromatic nitrogens is 3. The average molecular weight is 371 g/mol. The number of hydrogen-bond acceptors (Lipinski definition) is 4. The van der Waals surface area contributed by atoms with Crippen LogP contribution in [-0.4, -0.2) is 20.4 Å². The van der Waals surface area contributed by atoms with E-state index >= 15 is 0 Å². The topological polar surface area (TPSA) is 85.8 Å². The summed E-state index contributed by atoms with van der Waals surface area (Å²) in [4.78, 5) is 22.5. The molecule has 4 aromatic rings. The number of fused-ring (bicyclic) bond motifs is 2. The third-order valence-electron chi connectivity index (χ3n) is 4.78. The number of rotatable bonds is 5. The van der Waals surface area contributed by atoms with Gasteiger partial charge in [0.2, 0.25) is 0 Å². The van der Waals surface area contributed by atoms with E-state index in [9.17, 15) is 4.79 Å². The largest absolute Gasteiger partial charge is 0.384 e. The molecule has 6 heteroatoms. The minimum Gasteiger partial charge on any atom is -0.384 e. The van der Waals surface area contributed by atoms with Crippen LogP contribution in [-0.2, 0) is 6.54 Å². The first-order chi connectivity index (χ1) is 13.6. The van der Waals surface area contributed by atoms with Gasteiger partial charge < -0.3 is 15.6 Å². The molecule has 140 valence electrons. The van der Waals surface area contributed by atoms with Gasteiger partial charge in [-0.2, -0.15) is 0 Å². The molecular weight excluding hydrogens is 350 g/mol. The van der Waals surface area contributed by atoms with Gasteiger partial charge in [0.05, 0.1) is 17.1 Å². The number of nitrogens with two attached hydrogens (primary N) is 1. The Balaban J connectivity index is 1.83. The van der Waals surface area contributed by atoms with Crippen molar-refractivity contribution in [2.75, 3.05) is 5.73 Å². The lowest BCUT2D eigenvalue weighted by atomic mass is 10.1. The predicted molar refractivity (Wildman–Crippen MR) is 112 cm³/mol. The molecular formula is C22H21N5O. The van der Waals surface area contributed by atoms with Gasteiger partial charge in [-0.05, 0) is 24.6 Å². The number of nitrogens with zero attached hydrogens (tertiary/aromatic N) is 3. The van der Waals surface area contributed by atoms with Gasteiger partial charge in [-0.1, -0.05) is 48.5 Å². The Hall–Kier alpha value is -3.67. The second-order valence-corrected chi connectivity index (χ2v) is 6.65. The van der Waals surface area contributed by atoms with Crippen molar-refractivity contribution in [3.8, 4) is 0 Å². The molecule has 2 aromatic heterocycles. The second-order valence-electron chi connectivity index (χ2n) is 6.65. The van der Waals surface area contributed by atoms with Crippen LogP contribution < -0.4 is 11.1 Å². The first kappa shape index (κ1) is 17.7. The van der Waals surface area contributed by atoms with E-state index in [1.54, 1.807) is 10.6 Å². The highest BCUT2D eigenvalue weighted by atomic mass is 16.1. The van der Waals surface area contributed by atoms with Crippen molar-refractivity contribution in [2.24, 2.45) is 0 Å². The van der Waals surface area contributed by atoms with Crippen molar-refractivity contribution >= 4 is 33.9 Å². The van der Waals surface area contributed by atoms with E-state index in [1.165, 1.54) is 0 Å². The number of para-hydroxylation sites is 2. The van der Waals surface area contributed by atoms with E-state index < -0.39 is 0 Å². The monoisotopic (exact) mass is 371 g/mol. The van der Waals surface area contributed by atoms with Gasteiger partial charge >= 0.3 is 0 Å². The summed E-state index contributed by atoms with van der Waals surface area (Å²) in [6.07, 6.45) is 1.72. The molecule has 0 spiro atoms. The van der Waals surface area contributed by atoms with Crippen LogP contribution in [0.1, 0.15) is 28.9 Å². The highest BCUT2D eigenvalue weighted by Crippen LogP contribution is 2.28. The molecule has 0 bridgehead atoms. The summed E-state index contributed by atoms with van der Waals surface area (Å²) in [5.41, 5.74) is 10.3. The maximum Gasteiger partial charge on any atom is 0.257 e. The molecule has 1 unspecified atom stereocenters. The maximum absolute atomic E-state index is 13.1. The lowest BCUT2D eigenvalue weighted by Crippen LogP contribution is -2.27. The van der Waals surface area contributed by atoms with Crippen molar-refractivity contribution in [3.63, 3.8) is 0 Å². The Morgan fingerprint density at radius 2 is 1.79 bits per heavy atom. The fourth-order valence-electron chi connectivity index (χ4n) is 3.35. The van der Waals surface area contributed by atoms with Crippen LogP contribution in [0.25, 0.3) is 22.2 Å².